The molecule has 6 nitrogen and oxygen atoms in total. The molecule has 0 saturated carbocycles. The number of halogens is 2. The molecule has 2 aromatic rings. The van der Waals surface area contributed by atoms with Gasteiger partial charge >= 0.3 is 17.1 Å². The van der Waals surface area contributed by atoms with Gasteiger partial charge in [0.15, 0.2) is 0 Å². The van der Waals surface area contributed by atoms with Gasteiger partial charge in [0.1, 0.15) is 0 Å². The van der Waals surface area contributed by atoms with E-state index in [1.165, 1.54) is 32.3 Å². The molecule has 0 amide bonds. The van der Waals surface area contributed by atoms with E-state index in [1.54, 1.807) is 0 Å². The quantitative estimate of drug-likeness (QED) is 0.772. The fraction of sp³-hybridized carbons (Fsp3) is 0.182. The Balaban J connectivity index is 2.91. The third-order valence-electron chi connectivity index (χ3n) is 2.69. The van der Waals surface area contributed by atoms with Gasteiger partial charge in [-0.3, -0.25) is 0 Å². The summed E-state index contributed by atoms with van der Waals surface area (Å²) in [7, 11) is 2.58. The lowest BCUT2D eigenvalue weighted by Crippen LogP contribution is -2.52. The summed E-state index contributed by atoms with van der Waals surface area (Å²) in [6.07, 6.45) is 0. The van der Waals surface area contributed by atoms with Gasteiger partial charge in [-0.25, -0.2) is 28.1 Å². The standard InChI is InChI=1S/C11H9Cl2N3O3/c1-14-9(17)15(2)11(19)16(10(14)18)6-3-4-7(12)8(13)5-6/h3-5H,1-2H3. The number of hydrogen-bond donors (Lipinski definition) is 0. The van der Waals surface area contributed by atoms with E-state index in [1.807, 2.05) is 0 Å². The van der Waals surface area contributed by atoms with Crippen molar-refractivity contribution in [2.24, 2.45) is 14.1 Å². The summed E-state index contributed by atoms with van der Waals surface area (Å²) >= 11 is 11.6. The molecule has 0 N–H and O–H groups in total. The smallest absolute Gasteiger partial charge is 0.248 e. The van der Waals surface area contributed by atoms with E-state index in [0.717, 1.165) is 13.7 Å². The molecule has 0 bridgehead atoms. The Labute approximate surface area is 117 Å². The molecule has 0 atom stereocenters. The lowest BCUT2D eigenvalue weighted by Gasteiger charge is -2.09. The van der Waals surface area contributed by atoms with Crippen LogP contribution in [0.1, 0.15) is 0 Å². The minimum Gasteiger partial charge on any atom is -0.248 e. The van der Waals surface area contributed by atoms with E-state index >= 15 is 0 Å². The molecule has 0 fully saturated rings. The summed E-state index contributed by atoms with van der Waals surface area (Å²) in [5.74, 6) is 0. The third-order valence-corrected chi connectivity index (χ3v) is 3.43. The molecular weight excluding hydrogens is 293 g/mol. The summed E-state index contributed by atoms with van der Waals surface area (Å²) < 4.78 is 2.53. The van der Waals surface area contributed by atoms with Crippen LogP contribution in [-0.4, -0.2) is 13.7 Å². The third kappa shape index (κ3) is 2.13. The Bertz CT molecular complexity index is 792. The molecule has 0 unspecified atom stereocenters. The van der Waals surface area contributed by atoms with Crippen LogP contribution in [0, 0.1) is 0 Å². The fourth-order valence-corrected chi connectivity index (χ4v) is 1.91. The van der Waals surface area contributed by atoms with Gasteiger partial charge in [0, 0.05) is 14.1 Å². The zero-order chi connectivity index (χ0) is 14.3. The number of aromatic nitrogens is 3. The minimum atomic E-state index is -0.744. The molecule has 0 spiro atoms. The van der Waals surface area contributed by atoms with Crippen LogP contribution in [0.15, 0.2) is 32.6 Å². The van der Waals surface area contributed by atoms with Crippen LogP contribution in [-0.2, 0) is 14.1 Å². The van der Waals surface area contributed by atoms with E-state index in [9.17, 15) is 14.4 Å². The van der Waals surface area contributed by atoms with Crippen molar-refractivity contribution in [2.45, 2.75) is 0 Å². The van der Waals surface area contributed by atoms with Crippen LogP contribution in [0.25, 0.3) is 5.69 Å². The molecule has 0 radical (unpaired) electrons. The van der Waals surface area contributed by atoms with Crippen LogP contribution < -0.4 is 17.1 Å². The van der Waals surface area contributed by atoms with Crippen molar-refractivity contribution in [3.63, 3.8) is 0 Å². The number of hydrogen-bond acceptors (Lipinski definition) is 3. The number of nitrogens with zero attached hydrogens (tertiary/aromatic N) is 3. The second kappa shape index (κ2) is 4.71. The first kappa shape index (κ1) is 13.6. The molecule has 1 aromatic heterocycles. The average molecular weight is 302 g/mol. The summed E-state index contributed by atoms with van der Waals surface area (Å²) in [5, 5.41) is 0.516. The predicted molar refractivity (Wildman–Crippen MR) is 72.5 cm³/mol. The van der Waals surface area contributed by atoms with Gasteiger partial charge in [-0.2, -0.15) is 0 Å². The van der Waals surface area contributed by atoms with Crippen LogP contribution in [0.3, 0.4) is 0 Å². The van der Waals surface area contributed by atoms with Crippen molar-refractivity contribution in [2.75, 3.05) is 0 Å². The fourth-order valence-electron chi connectivity index (χ4n) is 1.62. The molecule has 0 aliphatic heterocycles. The highest BCUT2D eigenvalue weighted by Crippen LogP contribution is 2.23. The number of benzene rings is 1. The van der Waals surface area contributed by atoms with Crippen LogP contribution >= 0.6 is 23.2 Å². The van der Waals surface area contributed by atoms with E-state index < -0.39 is 17.1 Å². The Hall–Kier alpha value is -1.79. The Morgan fingerprint density at radius 2 is 1.37 bits per heavy atom. The van der Waals surface area contributed by atoms with Crippen LogP contribution in [0.4, 0.5) is 0 Å². The van der Waals surface area contributed by atoms with E-state index in [2.05, 4.69) is 0 Å². The average Bonchev–Trinajstić information content (AvgIpc) is 2.38. The van der Waals surface area contributed by atoms with E-state index in [4.69, 9.17) is 23.2 Å². The molecule has 1 aromatic carbocycles. The van der Waals surface area contributed by atoms with Crippen LogP contribution in [0.2, 0.25) is 10.0 Å². The largest absolute Gasteiger partial charge is 0.340 e. The van der Waals surface area contributed by atoms with E-state index in [-0.39, 0.29) is 10.7 Å². The molecule has 8 heteroatoms. The molecule has 0 saturated heterocycles. The van der Waals surface area contributed by atoms with Gasteiger partial charge in [0.2, 0.25) is 0 Å². The summed E-state index contributed by atoms with van der Waals surface area (Å²) in [4.78, 5) is 35.6. The Morgan fingerprint density at radius 3 is 1.84 bits per heavy atom. The molecule has 1 heterocycles. The highest BCUT2D eigenvalue weighted by Gasteiger charge is 2.13. The molecule has 100 valence electrons. The van der Waals surface area contributed by atoms with Gasteiger partial charge < -0.3 is 0 Å². The van der Waals surface area contributed by atoms with Crippen LogP contribution in [0.5, 0.6) is 0 Å². The highest BCUT2D eigenvalue weighted by molar-refractivity contribution is 6.42. The van der Waals surface area contributed by atoms with Crippen molar-refractivity contribution >= 4 is 23.2 Å². The summed E-state index contributed by atoms with van der Waals surface area (Å²) in [6, 6.07) is 4.33. The highest BCUT2D eigenvalue weighted by atomic mass is 35.5. The SMILES string of the molecule is Cn1c(=O)n(C)c(=O)n(-c2ccc(Cl)c(Cl)c2)c1=O. The molecule has 0 aliphatic rings. The summed E-state index contributed by atoms with van der Waals surface area (Å²) in [6.45, 7) is 0. The minimum absolute atomic E-state index is 0.210. The second-order valence-corrected chi connectivity index (χ2v) is 4.71. The van der Waals surface area contributed by atoms with Gasteiger partial charge in [-0.15, -0.1) is 0 Å². The maximum absolute atomic E-state index is 12.0. The molecular formula is C11H9Cl2N3O3. The van der Waals surface area contributed by atoms with Gasteiger partial charge in [-0.05, 0) is 18.2 Å². The lowest BCUT2D eigenvalue weighted by molar-refractivity contribution is 0.581. The monoisotopic (exact) mass is 301 g/mol. The Morgan fingerprint density at radius 1 is 0.842 bits per heavy atom. The zero-order valence-electron chi connectivity index (χ0n) is 10.1. The second-order valence-electron chi connectivity index (χ2n) is 3.90. The molecule has 19 heavy (non-hydrogen) atoms. The van der Waals surface area contributed by atoms with Crippen molar-refractivity contribution in [3.05, 3.63) is 59.7 Å². The van der Waals surface area contributed by atoms with Crippen molar-refractivity contribution in [3.8, 4) is 5.69 Å². The van der Waals surface area contributed by atoms with Crippen molar-refractivity contribution in [1.29, 1.82) is 0 Å². The van der Waals surface area contributed by atoms with Gasteiger partial charge in [-0.1, -0.05) is 23.2 Å². The molecule has 0 aliphatic carbocycles. The zero-order valence-corrected chi connectivity index (χ0v) is 11.6. The van der Waals surface area contributed by atoms with E-state index in [0.29, 0.717) is 5.02 Å². The first-order chi connectivity index (χ1) is 8.84. The number of rotatable bonds is 1. The normalized spacial score (nSPS) is 10.7. The lowest BCUT2D eigenvalue weighted by atomic mass is 10.3. The maximum Gasteiger partial charge on any atom is 0.340 e. The van der Waals surface area contributed by atoms with Gasteiger partial charge in [0.05, 0.1) is 15.7 Å². The topological polar surface area (TPSA) is 66.0 Å². The first-order valence-electron chi connectivity index (χ1n) is 5.19. The molecule has 2 rings (SSSR count). The summed E-state index contributed by atoms with van der Waals surface area (Å²) in [5.41, 5.74) is -1.93. The van der Waals surface area contributed by atoms with Crippen molar-refractivity contribution < 1.29 is 0 Å². The van der Waals surface area contributed by atoms with Crippen molar-refractivity contribution in [1.82, 2.24) is 13.7 Å². The maximum atomic E-state index is 12.0. The predicted octanol–water partition coefficient (Wildman–Crippen LogP) is 0.542. The van der Waals surface area contributed by atoms with Gasteiger partial charge in [0.25, 0.3) is 0 Å². The first-order valence-corrected chi connectivity index (χ1v) is 5.94. The Kier molecular flexibility index (Phi) is 3.38.